The standard InChI is InChI=1S/C19H30N4O.2ClH/c1-20-17-6-5-10-23(16-17)19(24)9-11-21-12-14-22(15-13-21)18-7-3-2-4-8-18;;/h2-4,7-8,17,20H,5-6,9-16H2,1H3;2*1H. The van der Waals surface area contributed by atoms with Crippen LogP contribution in [-0.4, -0.2) is 74.6 Å². The predicted octanol–water partition coefficient (Wildman–Crippen LogP) is 2.25. The van der Waals surface area contributed by atoms with Crippen molar-refractivity contribution >= 4 is 36.4 Å². The molecule has 2 heterocycles. The number of hydrogen-bond acceptors (Lipinski definition) is 4. The molecule has 0 aromatic heterocycles. The molecule has 1 amide bonds. The van der Waals surface area contributed by atoms with Crippen LogP contribution in [0.25, 0.3) is 0 Å². The van der Waals surface area contributed by atoms with Gasteiger partial charge < -0.3 is 15.1 Å². The Balaban J connectivity index is 0.00000169. The third kappa shape index (κ3) is 6.31. The monoisotopic (exact) mass is 402 g/mol. The van der Waals surface area contributed by atoms with Crippen LogP contribution in [0.15, 0.2) is 30.3 Å². The number of hydrogen-bond donors (Lipinski definition) is 1. The molecular formula is C19H32Cl2N4O. The normalized spacial score (nSPS) is 20.9. The summed E-state index contributed by atoms with van der Waals surface area (Å²) in [5, 5.41) is 3.30. The minimum Gasteiger partial charge on any atom is -0.369 e. The summed E-state index contributed by atoms with van der Waals surface area (Å²) in [5.41, 5.74) is 1.31. The van der Waals surface area contributed by atoms with Crippen molar-refractivity contribution in [2.45, 2.75) is 25.3 Å². The Morgan fingerprint density at radius 3 is 2.42 bits per heavy atom. The zero-order valence-corrected chi connectivity index (χ0v) is 17.2. The Hall–Kier alpha value is -1.01. The van der Waals surface area contributed by atoms with Gasteiger partial charge in [0, 0.05) is 64.0 Å². The fourth-order valence-corrected chi connectivity index (χ4v) is 3.72. The smallest absolute Gasteiger partial charge is 0.223 e. The summed E-state index contributed by atoms with van der Waals surface area (Å²) >= 11 is 0. The molecule has 2 saturated heterocycles. The van der Waals surface area contributed by atoms with E-state index in [1.54, 1.807) is 0 Å². The summed E-state index contributed by atoms with van der Waals surface area (Å²) in [6.07, 6.45) is 2.95. The van der Waals surface area contributed by atoms with Gasteiger partial charge in [0.2, 0.25) is 5.91 Å². The maximum Gasteiger partial charge on any atom is 0.223 e. The number of anilines is 1. The van der Waals surface area contributed by atoms with E-state index in [9.17, 15) is 4.79 Å². The number of piperidine rings is 1. The van der Waals surface area contributed by atoms with Crippen LogP contribution in [0, 0.1) is 0 Å². The number of likely N-dealkylation sites (tertiary alicyclic amines) is 1. The van der Waals surface area contributed by atoms with Gasteiger partial charge in [-0.15, -0.1) is 24.8 Å². The minimum absolute atomic E-state index is 0. The fraction of sp³-hybridized carbons (Fsp3) is 0.632. The molecule has 5 nitrogen and oxygen atoms in total. The molecule has 26 heavy (non-hydrogen) atoms. The van der Waals surface area contributed by atoms with Gasteiger partial charge >= 0.3 is 0 Å². The highest BCUT2D eigenvalue weighted by molar-refractivity contribution is 5.85. The molecule has 0 bridgehead atoms. The molecule has 1 atom stereocenters. The molecule has 7 heteroatoms. The van der Waals surface area contributed by atoms with E-state index in [0.29, 0.717) is 18.4 Å². The molecule has 0 aliphatic carbocycles. The van der Waals surface area contributed by atoms with Crippen LogP contribution in [0.2, 0.25) is 0 Å². The first-order valence-electron chi connectivity index (χ1n) is 9.23. The molecule has 148 valence electrons. The van der Waals surface area contributed by atoms with Crippen LogP contribution in [-0.2, 0) is 4.79 Å². The van der Waals surface area contributed by atoms with Gasteiger partial charge in [0.25, 0.3) is 0 Å². The van der Waals surface area contributed by atoms with Crippen molar-refractivity contribution < 1.29 is 4.79 Å². The molecule has 0 saturated carbocycles. The third-order valence-corrected chi connectivity index (χ3v) is 5.32. The second-order valence-corrected chi connectivity index (χ2v) is 6.88. The lowest BCUT2D eigenvalue weighted by atomic mass is 10.1. The lowest BCUT2D eigenvalue weighted by Crippen LogP contribution is -2.49. The van der Waals surface area contributed by atoms with Crippen molar-refractivity contribution in [3.05, 3.63) is 30.3 Å². The molecule has 2 aliphatic rings. The number of nitrogens with one attached hydrogen (secondary N) is 1. The molecule has 3 rings (SSSR count). The number of amides is 1. The summed E-state index contributed by atoms with van der Waals surface area (Å²) in [7, 11) is 1.99. The van der Waals surface area contributed by atoms with Crippen molar-refractivity contribution in [3.63, 3.8) is 0 Å². The average Bonchev–Trinajstić information content (AvgIpc) is 2.67. The molecular weight excluding hydrogens is 371 g/mol. The Morgan fingerprint density at radius 2 is 1.77 bits per heavy atom. The molecule has 1 unspecified atom stereocenters. The van der Waals surface area contributed by atoms with Crippen molar-refractivity contribution in [3.8, 4) is 0 Å². The van der Waals surface area contributed by atoms with Gasteiger partial charge in [-0.2, -0.15) is 0 Å². The number of halogens is 2. The predicted molar refractivity (Wildman–Crippen MR) is 113 cm³/mol. The van der Waals surface area contributed by atoms with Gasteiger partial charge in [-0.1, -0.05) is 18.2 Å². The fourth-order valence-electron chi connectivity index (χ4n) is 3.72. The highest BCUT2D eigenvalue weighted by atomic mass is 35.5. The Morgan fingerprint density at radius 1 is 1.08 bits per heavy atom. The number of carbonyl (C=O) groups is 1. The van der Waals surface area contributed by atoms with E-state index in [0.717, 1.165) is 52.2 Å². The second-order valence-electron chi connectivity index (χ2n) is 6.88. The van der Waals surface area contributed by atoms with E-state index >= 15 is 0 Å². The van der Waals surface area contributed by atoms with Gasteiger partial charge in [0.1, 0.15) is 0 Å². The van der Waals surface area contributed by atoms with Crippen LogP contribution in [0.4, 0.5) is 5.69 Å². The van der Waals surface area contributed by atoms with Gasteiger partial charge in [0.15, 0.2) is 0 Å². The van der Waals surface area contributed by atoms with Crippen LogP contribution in [0.3, 0.4) is 0 Å². The van der Waals surface area contributed by atoms with Crippen LogP contribution in [0.1, 0.15) is 19.3 Å². The van der Waals surface area contributed by atoms with Crippen LogP contribution >= 0.6 is 24.8 Å². The highest BCUT2D eigenvalue weighted by Crippen LogP contribution is 2.16. The van der Waals surface area contributed by atoms with E-state index in [-0.39, 0.29) is 24.8 Å². The second kappa shape index (κ2) is 11.7. The minimum atomic E-state index is 0. The SMILES string of the molecule is CNC1CCCN(C(=O)CCN2CCN(c3ccccc3)CC2)C1.Cl.Cl. The molecule has 2 aliphatic heterocycles. The van der Waals surface area contributed by atoms with Gasteiger partial charge in [-0.05, 0) is 32.0 Å². The number of nitrogens with zero attached hydrogens (tertiary/aromatic N) is 3. The topological polar surface area (TPSA) is 38.8 Å². The lowest BCUT2D eigenvalue weighted by Gasteiger charge is -2.37. The first-order chi connectivity index (χ1) is 11.8. The van der Waals surface area contributed by atoms with E-state index < -0.39 is 0 Å². The van der Waals surface area contributed by atoms with Gasteiger partial charge in [-0.25, -0.2) is 0 Å². The molecule has 1 N–H and O–H groups in total. The number of para-hydroxylation sites is 1. The van der Waals surface area contributed by atoms with Crippen molar-refractivity contribution in [2.75, 3.05) is 57.8 Å². The number of rotatable bonds is 5. The maximum atomic E-state index is 12.4. The summed E-state index contributed by atoms with van der Waals surface area (Å²) in [4.78, 5) is 19.4. The van der Waals surface area contributed by atoms with E-state index in [4.69, 9.17) is 0 Å². The average molecular weight is 403 g/mol. The molecule has 1 aromatic carbocycles. The Bertz CT molecular complexity index is 524. The van der Waals surface area contributed by atoms with Crippen molar-refractivity contribution in [1.29, 1.82) is 0 Å². The first-order valence-corrected chi connectivity index (χ1v) is 9.23. The van der Waals surface area contributed by atoms with Crippen molar-refractivity contribution in [1.82, 2.24) is 15.1 Å². The number of likely N-dealkylation sites (N-methyl/N-ethyl adjacent to an activating group) is 1. The Labute approximate surface area is 169 Å². The molecule has 2 fully saturated rings. The Kier molecular flexibility index (Phi) is 10.3. The highest BCUT2D eigenvalue weighted by Gasteiger charge is 2.23. The number of piperazine rings is 1. The molecule has 1 aromatic rings. The summed E-state index contributed by atoms with van der Waals surface area (Å²) in [6, 6.07) is 11.1. The van der Waals surface area contributed by atoms with Crippen LogP contribution < -0.4 is 10.2 Å². The van der Waals surface area contributed by atoms with Crippen LogP contribution in [0.5, 0.6) is 0 Å². The first kappa shape index (κ1) is 23.0. The number of benzene rings is 1. The van der Waals surface area contributed by atoms with Gasteiger partial charge in [-0.3, -0.25) is 9.69 Å². The quantitative estimate of drug-likeness (QED) is 0.819. The van der Waals surface area contributed by atoms with E-state index in [2.05, 4.69) is 45.4 Å². The number of carbonyl (C=O) groups excluding carboxylic acids is 1. The maximum absolute atomic E-state index is 12.4. The summed E-state index contributed by atoms with van der Waals surface area (Å²) in [6.45, 7) is 6.87. The summed E-state index contributed by atoms with van der Waals surface area (Å²) < 4.78 is 0. The van der Waals surface area contributed by atoms with E-state index in [1.165, 1.54) is 12.1 Å². The molecule has 0 spiro atoms. The van der Waals surface area contributed by atoms with Gasteiger partial charge in [0.05, 0.1) is 0 Å². The zero-order chi connectivity index (χ0) is 16.8. The summed E-state index contributed by atoms with van der Waals surface area (Å²) in [5.74, 6) is 0.320. The zero-order valence-electron chi connectivity index (χ0n) is 15.6. The lowest BCUT2D eigenvalue weighted by molar-refractivity contribution is -0.132. The third-order valence-electron chi connectivity index (χ3n) is 5.32. The molecule has 0 radical (unpaired) electrons. The van der Waals surface area contributed by atoms with Crippen molar-refractivity contribution in [2.24, 2.45) is 0 Å². The largest absolute Gasteiger partial charge is 0.369 e. The van der Waals surface area contributed by atoms with E-state index in [1.807, 2.05) is 11.9 Å².